The molecule has 4 unspecified atom stereocenters. The van der Waals surface area contributed by atoms with Gasteiger partial charge in [0.1, 0.15) is 12.2 Å². The third-order valence-electron chi connectivity index (χ3n) is 5.45. The lowest BCUT2D eigenvalue weighted by atomic mass is 9.74. The van der Waals surface area contributed by atoms with Gasteiger partial charge >= 0.3 is 11.9 Å². The van der Waals surface area contributed by atoms with E-state index in [1.807, 2.05) is 20.8 Å². The van der Waals surface area contributed by atoms with E-state index in [9.17, 15) is 14.9 Å². The van der Waals surface area contributed by atoms with Crippen molar-refractivity contribution in [2.45, 2.75) is 52.2 Å². The summed E-state index contributed by atoms with van der Waals surface area (Å²) < 4.78 is 11.0. The van der Waals surface area contributed by atoms with Crippen molar-refractivity contribution in [3.05, 3.63) is 0 Å². The van der Waals surface area contributed by atoms with Crippen LogP contribution in [-0.4, -0.2) is 24.1 Å². The first-order valence-corrected chi connectivity index (χ1v) is 7.19. The summed E-state index contributed by atoms with van der Waals surface area (Å²) in [6, 6.07) is 2.15. The molecule has 108 valence electrons. The number of fused-ring (bicyclic) bond motifs is 1. The molecule has 0 amide bonds. The fourth-order valence-electron chi connectivity index (χ4n) is 3.72. The number of carbonyl (C=O) groups excluding carboxylic acids is 2. The second-order valence-corrected chi connectivity index (χ2v) is 6.87. The van der Waals surface area contributed by atoms with Crippen molar-refractivity contribution < 1.29 is 19.1 Å². The molecule has 0 radical (unpaired) electrons. The lowest BCUT2D eigenvalue weighted by Gasteiger charge is -2.30. The monoisotopic (exact) mass is 277 g/mol. The van der Waals surface area contributed by atoms with Crippen LogP contribution in [0.5, 0.6) is 0 Å². The van der Waals surface area contributed by atoms with Crippen molar-refractivity contribution >= 4 is 11.9 Å². The van der Waals surface area contributed by atoms with Gasteiger partial charge in [0.15, 0.2) is 5.41 Å². The van der Waals surface area contributed by atoms with Crippen LogP contribution in [0.25, 0.3) is 0 Å². The van der Waals surface area contributed by atoms with Crippen LogP contribution in [0.3, 0.4) is 0 Å². The maximum atomic E-state index is 12.2. The van der Waals surface area contributed by atoms with Gasteiger partial charge < -0.3 is 9.47 Å². The van der Waals surface area contributed by atoms with Crippen molar-refractivity contribution in [2.24, 2.45) is 22.7 Å². The molecule has 2 aliphatic carbocycles. The van der Waals surface area contributed by atoms with Gasteiger partial charge in [0.05, 0.1) is 11.5 Å². The Hall–Kier alpha value is -1.57. The van der Waals surface area contributed by atoms with E-state index in [4.69, 9.17) is 9.47 Å². The van der Waals surface area contributed by atoms with Crippen LogP contribution in [0.4, 0.5) is 0 Å². The third kappa shape index (κ3) is 1.48. The maximum absolute atomic E-state index is 12.2. The van der Waals surface area contributed by atoms with E-state index < -0.39 is 22.9 Å². The highest BCUT2D eigenvalue weighted by Gasteiger charge is 2.72. The highest BCUT2D eigenvalue weighted by atomic mass is 16.6. The highest BCUT2D eigenvalue weighted by Crippen LogP contribution is 2.62. The first kappa shape index (κ1) is 13.4. The number of nitriles is 1. The molecule has 3 fully saturated rings. The van der Waals surface area contributed by atoms with E-state index in [0.29, 0.717) is 12.8 Å². The van der Waals surface area contributed by atoms with Crippen molar-refractivity contribution in [3.63, 3.8) is 0 Å². The minimum atomic E-state index is -0.974. The number of esters is 2. The zero-order valence-electron chi connectivity index (χ0n) is 12.0. The topological polar surface area (TPSA) is 76.4 Å². The van der Waals surface area contributed by atoms with Gasteiger partial charge in [-0.15, -0.1) is 0 Å². The number of carbonyl (C=O) groups is 2. The standard InChI is InChI=1S/C15H19NO4/c1-4-14(2,3)12(17)19-10-8-5-9-11(10)20-13(18)15(9,6-8)7-16/h8-11H,4-6H2,1-3H3/t8?,9?,10?,11?,15-/m1/s1. The summed E-state index contributed by atoms with van der Waals surface area (Å²) in [4.78, 5) is 24.2. The van der Waals surface area contributed by atoms with Gasteiger partial charge in [-0.1, -0.05) is 6.92 Å². The number of hydrogen-bond donors (Lipinski definition) is 0. The molecule has 1 heterocycles. The molecule has 0 spiro atoms. The lowest BCUT2D eigenvalue weighted by molar-refractivity contribution is -0.170. The van der Waals surface area contributed by atoms with E-state index in [2.05, 4.69) is 6.07 Å². The van der Waals surface area contributed by atoms with Gasteiger partial charge in [0.25, 0.3) is 0 Å². The number of ether oxygens (including phenoxy) is 2. The quantitative estimate of drug-likeness (QED) is 0.735. The smallest absolute Gasteiger partial charge is 0.327 e. The normalized spacial score (nSPS) is 41.4. The molecule has 0 N–H and O–H groups in total. The Morgan fingerprint density at radius 1 is 1.60 bits per heavy atom. The summed E-state index contributed by atoms with van der Waals surface area (Å²) in [5, 5.41) is 9.31. The van der Waals surface area contributed by atoms with Crippen LogP contribution >= 0.6 is 0 Å². The fourth-order valence-corrected chi connectivity index (χ4v) is 3.72. The first-order chi connectivity index (χ1) is 9.35. The van der Waals surface area contributed by atoms with Crippen LogP contribution < -0.4 is 0 Å². The maximum Gasteiger partial charge on any atom is 0.327 e. The molecule has 0 aromatic heterocycles. The van der Waals surface area contributed by atoms with E-state index >= 15 is 0 Å². The Labute approximate surface area is 118 Å². The second-order valence-electron chi connectivity index (χ2n) is 6.87. The van der Waals surface area contributed by atoms with Gasteiger partial charge in [0.2, 0.25) is 0 Å². The summed E-state index contributed by atoms with van der Waals surface area (Å²) in [6.07, 6.45) is 1.12. The molecule has 3 rings (SSSR count). The Morgan fingerprint density at radius 3 is 2.90 bits per heavy atom. The molecule has 5 atom stereocenters. The van der Waals surface area contributed by atoms with Crippen molar-refractivity contribution in [3.8, 4) is 6.07 Å². The summed E-state index contributed by atoms with van der Waals surface area (Å²) >= 11 is 0. The Balaban J connectivity index is 1.80. The van der Waals surface area contributed by atoms with Crippen LogP contribution in [0.15, 0.2) is 0 Å². The lowest BCUT2D eigenvalue weighted by Crippen LogP contribution is -2.42. The summed E-state index contributed by atoms with van der Waals surface area (Å²) in [7, 11) is 0. The van der Waals surface area contributed by atoms with Crippen molar-refractivity contribution in [1.29, 1.82) is 5.26 Å². The highest BCUT2D eigenvalue weighted by molar-refractivity contribution is 5.84. The first-order valence-electron chi connectivity index (χ1n) is 7.19. The van der Waals surface area contributed by atoms with Gasteiger partial charge in [-0.05, 0) is 33.1 Å². The molecule has 0 aromatic carbocycles. The second kappa shape index (κ2) is 3.97. The summed E-state index contributed by atoms with van der Waals surface area (Å²) in [5.41, 5.74) is -1.50. The van der Waals surface area contributed by atoms with Gasteiger partial charge in [-0.2, -0.15) is 5.26 Å². The molecule has 2 saturated carbocycles. The SMILES string of the molecule is CCC(C)(C)C(=O)OC1C2CC3C1OC(=O)[C@@]3(C#N)C2. The molecule has 2 bridgehead atoms. The van der Waals surface area contributed by atoms with Crippen LogP contribution in [0, 0.1) is 34.0 Å². The van der Waals surface area contributed by atoms with Gasteiger partial charge in [-0.25, -0.2) is 0 Å². The zero-order chi connectivity index (χ0) is 14.7. The molecule has 5 nitrogen and oxygen atoms in total. The zero-order valence-corrected chi connectivity index (χ0v) is 12.0. The van der Waals surface area contributed by atoms with Crippen LogP contribution in [-0.2, 0) is 19.1 Å². The third-order valence-corrected chi connectivity index (χ3v) is 5.45. The fraction of sp³-hybridized carbons (Fsp3) is 0.800. The predicted molar refractivity (Wildman–Crippen MR) is 68.1 cm³/mol. The van der Waals surface area contributed by atoms with E-state index in [-0.39, 0.29) is 23.9 Å². The van der Waals surface area contributed by atoms with Gasteiger partial charge in [-0.3, -0.25) is 9.59 Å². The Morgan fingerprint density at radius 2 is 2.30 bits per heavy atom. The summed E-state index contributed by atoms with van der Waals surface area (Å²) in [6.45, 7) is 5.64. The van der Waals surface area contributed by atoms with E-state index in [1.54, 1.807) is 0 Å². The van der Waals surface area contributed by atoms with Gasteiger partial charge in [0, 0.05) is 11.8 Å². The number of nitrogens with zero attached hydrogens (tertiary/aromatic N) is 1. The number of hydrogen-bond acceptors (Lipinski definition) is 5. The van der Waals surface area contributed by atoms with Crippen molar-refractivity contribution in [1.82, 2.24) is 0 Å². The average Bonchev–Trinajstić information content (AvgIpc) is 3.00. The molecular weight excluding hydrogens is 258 g/mol. The minimum absolute atomic E-state index is 0.0766. The molecule has 20 heavy (non-hydrogen) atoms. The average molecular weight is 277 g/mol. The largest absolute Gasteiger partial charge is 0.458 e. The molecule has 5 heteroatoms. The molecule has 1 saturated heterocycles. The molecule has 0 aromatic rings. The predicted octanol–water partition coefficient (Wildman–Crippen LogP) is 1.81. The molecule has 3 aliphatic rings. The van der Waals surface area contributed by atoms with E-state index in [0.717, 1.165) is 6.42 Å². The van der Waals surface area contributed by atoms with Crippen LogP contribution in [0.2, 0.25) is 0 Å². The minimum Gasteiger partial charge on any atom is -0.458 e. The Kier molecular flexibility index (Phi) is 2.66. The van der Waals surface area contributed by atoms with Crippen molar-refractivity contribution in [2.75, 3.05) is 0 Å². The Bertz CT molecular complexity index is 520. The molecule has 1 aliphatic heterocycles. The number of rotatable bonds is 3. The van der Waals surface area contributed by atoms with Crippen LogP contribution in [0.1, 0.15) is 40.0 Å². The molecular formula is C15H19NO4. The summed E-state index contributed by atoms with van der Waals surface area (Å²) in [5.74, 6) is -0.700. The van der Waals surface area contributed by atoms with E-state index in [1.165, 1.54) is 0 Å².